The van der Waals surface area contributed by atoms with Crippen LogP contribution >= 0.6 is 0 Å². The largest absolute Gasteiger partial charge is 0.482 e. The van der Waals surface area contributed by atoms with Crippen LogP contribution in [-0.2, 0) is 12.0 Å². The van der Waals surface area contributed by atoms with Crippen molar-refractivity contribution in [2.24, 2.45) is 5.73 Å². The summed E-state index contributed by atoms with van der Waals surface area (Å²) in [5.74, 6) is 1.22. The predicted molar refractivity (Wildman–Crippen MR) is 104 cm³/mol. The molecular weight excluding hydrogens is 326 g/mol. The van der Waals surface area contributed by atoms with E-state index in [-0.39, 0.29) is 0 Å². The minimum Gasteiger partial charge on any atom is -0.482 e. The molecule has 0 aromatic heterocycles. The molecule has 138 valence electrons. The van der Waals surface area contributed by atoms with Crippen molar-refractivity contribution >= 4 is 6.09 Å². The van der Waals surface area contributed by atoms with E-state index in [1.165, 1.54) is 0 Å². The Balaban J connectivity index is 2.16. The number of carbonyl (C=O) groups is 1. The normalized spacial score (nSPS) is 14.2. The van der Waals surface area contributed by atoms with Crippen molar-refractivity contribution in [3.8, 4) is 22.6 Å². The molecule has 2 N–H and O–H groups in total. The van der Waals surface area contributed by atoms with Gasteiger partial charge in [-0.1, -0.05) is 43.5 Å². The molecule has 0 atom stereocenters. The molecule has 0 bridgehead atoms. The molecular formula is C22H27NO3. The number of benzene rings is 2. The minimum absolute atomic E-state index is 0.456. The molecule has 4 heteroatoms. The van der Waals surface area contributed by atoms with Gasteiger partial charge in [0.1, 0.15) is 17.1 Å². The molecule has 2 aromatic carbocycles. The van der Waals surface area contributed by atoms with Crippen LogP contribution in [0.2, 0.25) is 0 Å². The Morgan fingerprint density at radius 1 is 1.19 bits per heavy atom. The number of unbranched alkanes of at least 4 members (excludes halogenated alkanes) is 2. The number of hydrogen-bond acceptors (Lipinski definition) is 3. The summed E-state index contributed by atoms with van der Waals surface area (Å²) in [7, 11) is 0. The van der Waals surface area contributed by atoms with E-state index in [0.29, 0.717) is 5.75 Å². The molecule has 1 aliphatic rings. The van der Waals surface area contributed by atoms with Crippen LogP contribution in [0.15, 0.2) is 30.3 Å². The molecule has 0 spiro atoms. The first-order chi connectivity index (χ1) is 12.3. The average molecular weight is 353 g/mol. The molecule has 1 aliphatic heterocycles. The van der Waals surface area contributed by atoms with E-state index in [9.17, 15) is 4.79 Å². The lowest BCUT2D eigenvalue weighted by Crippen LogP contribution is -2.30. The van der Waals surface area contributed by atoms with Crippen LogP contribution in [0.1, 0.15) is 56.7 Å². The zero-order chi connectivity index (χ0) is 18.9. The Morgan fingerprint density at radius 3 is 2.65 bits per heavy atom. The van der Waals surface area contributed by atoms with Gasteiger partial charge < -0.3 is 15.2 Å². The highest BCUT2D eigenvalue weighted by molar-refractivity contribution is 5.85. The summed E-state index contributed by atoms with van der Waals surface area (Å²) in [4.78, 5) is 11.5. The highest BCUT2D eigenvalue weighted by Crippen LogP contribution is 2.50. The smallest absolute Gasteiger partial charge is 0.409 e. The van der Waals surface area contributed by atoms with Crippen molar-refractivity contribution < 1.29 is 14.3 Å². The van der Waals surface area contributed by atoms with Gasteiger partial charge in [0, 0.05) is 5.56 Å². The zero-order valence-corrected chi connectivity index (χ0v) is 16.0. The first kappa shape index (κ1) is 18.3. The van der Waals surface area contributed by atoms with Crippen molar-refractivity contribution in [3.05, 3.63) is 47.0 Å². The molecule has 4 nitrogen and oxygen atoms in total. The van der Waals surface area contributed by atoms with Crippen LogP contribution < -0.4 is 15.2 Å². The Bertz CT molecular complexity index is 840. The second-order valence-electron chi connectivity index (χ2n) is 7.51. The molecule has 0 fully saturated rings. The number of fused-ring (bicyclic) bond motifs is 3. The third kappa shape index (κ3) is 3.55. The fraction of sp³-hybridized carbons (Fsp3) is 0.409. The van der Waals surface area contributed by atoms with E-state index in [1.54, 1.807) is 0 Å². The van der Waals surface area contributed by atoms with Crippen molar-refractivity contribution in [1.82, 2.24) is 0 Å². The molecule has 0 unspecified atom stereocenters. The van der Waals surface area contributed by atoms with Gasteiger partial charge in [-0.3, -0.25) is 0 Å². The van der Waals surface area contributed by atoms with Crippen LogP contribution in [0.25, 0.3) is 11.1 Å². The first-order valence-corrected chi connectivity index (χ1v) is 9.26. The maximum Gasteiger partial charge on any atom is 0.409 e. The summed E-state index contributed by atoms with van der Waals surface area (Å²) in [6.07, 6.45) is 3.52. The molecule has 0 saturated heterocycles. The van der Waals surface area contributed by atoms with E-state index in [4.69, 9.17) is 15.2 Å². The van der Waals surface area contributed by atoms with E-state index >= 15 is 0 Å². The average Bonchev–Trinajstić information content (AvgIpc) is 2.53. The second-order valence-corrected chi connectivity index (χ2v) is 7.51. The summed E-state index contributed by atoms with van der Waals surface area (Å²) in [5.41, 5.74) is 10.0. The predicted octanol–water partition coefficient (Wildman–Crippen LogP) is 5.48. The van der Waals surface area contributed by atoms with Gasteiger partial charge in [-0.25, -0.2) is 4.79 Å². The van der Waals surface area contributed by atoms with E-state index in [2.05, 4.69) is 52.0 Å². The van der Waals surface area contributed by atoms with E-state index in [0.717, 1.165) is 59.3 Å². The Labute approximate surface area is 155 Å². The number of ether oxygens (including phenoxy) is 2. The van der Waals surface area contributed by atoms with E-state index < -0.39 is 11.7 Å². The standard InChI is InChI=1S/C22H27NO3/c1-5-6-7-8-15-12-18(25-21(23)24)20-16-11-14(2)9-10-17(16)22(3,4)26-19(20)13-15/h9-13H,5-8H2,1-4H3,(H2,23,24). The van der Waals surface area contributed by atoms with E-state index in [1.807, 2.05) is 6.07 Å². The van der Waals surface area contributed by atoms with Crippen molar-refractivity contribution in [2.45, 2.75) is 59.0 Å². The van der Waals surface area contributed by atoms with Gasteiger partial charge in [-0.05, 0) is 56.9 Å². The van der Waals surface area contributed by atoms with Crippen LogP contribution in [0.3, 0.4) is 0 Å². The number of nitrogens with two attached hydrogens (primary N) is 1. The summed E-state index contributed by atoms with van der Waals surface area (Å²) in [5, 5.41) is 0. The number of aryl methyl sites for hydroxylation is 2. The van der Waals surface area contributed by atoms with Crippen LogP contribution in [0.5, 0.6) is 11.5 Å². The molecule has 0 aliphatic carbocycles. The van der Waals surface area contributed by atoms with Gasteiger partial charge in [0.15, 0.2) is 0 Å². The lowest BCUT2D eigenvalue weighted by atomic mass is 9.84. The number of rotatable bonds is 5. The molecule has 0 radical (unpaired) electrons. The number of primary amides is 1. The fourth-order valence-electron chi connectivity index (χ4n) is 3.62. The topological polar surface area (TPSA) is 61.5 Å². The number of amides is 1. The summed E-state index contributed by atoms with van der Waals surface area (Å²) >= 11 is 0. The zero-order valence-electron chi connectivity index (χ0n) is 16.0. The van der Waals surface area contributed by atoms with Gasteiger partial charge in [0.25, 0.3) is 0 Å². The van der Waals surface area contributed by atoms with Crippen LogP contribution in [0.4, 0.5) is 4.79 Å². The third-order valence-electron chi connectivity index (χ3n) is 4.86. The maximum absolute atomic E-state index is 11.5. The highest BCUT2D eigenvalue weighted by atomic mass is 16.5. The molecule has 1 amide bonds. The highest BCUT2D eigenvalue weighted by Gasteiger charge is 2.35. The third-order valence-corrected chi connectivity index (χ3v) is 4.86. The van der Waals surface area contributed by atoms with Crippen molar-refractivity contribution in [3.63, 3.8) is 0 Å². The Morgan fingerprint density at radius 2 is 1.96 bits per heavy atom. The van der Waals surface area contributed by atoms with Gasteiger partial charge in [0.05, 0.1) is 5.56 Å². The Kier molecular flexibility index (Phi) is 4.94. The lowest BCUT2D eigenvalue weighted by molar-refractivity contribution is 0.105. The monoisotopic (exact) mass is 353 g/mol. The maximum atomic E-state index is 11.5. The molecule has 0 saturated carbocycles. The van der Waals surface area contributed by atoms with Crippen molar-refractivity contribution in [1.29, 1.82) is 0 Å². The summed E-state index contributed by atoms with van der Waals surface area (Å²) in [6, 6.07) is 10.3. The minimum atomic E-state index is -0.808. The Hall–Kier alpha value is -2.49. The molecule has 26 heavy (non-hydrogen) atoms. The van der Waals surface area contributed by atoms with Crippen LogP contribution in [0, 0.1) is 6.92 Å². The summed E-state index contributed by atoms with van der Waals surface area (Å²) < 4.78 is 11.7. The second kappa shape index (κ2) is 7.02. The van der Waals surface area contributed by atoms with Gasteiger partial charge in [0.2, 0.25) is 0 Å². The molecule has 3 rings (SSSR count). The van der Waals surface area contributed by atoms with Gasteiger partial charge in [-0.2, -0.15) is 0 Å². The number of hydrogen-bond donors (Lipinski definition) is 1. The van der Waals surface area contributed by atoms with Crippen molar-refractivity contribution in [2.75, 3.05) is 0 Å². The van der Waals surface area contributed by atoms with Gasteiger partial charge in [-0.15, -0.1) is 0 Å². The number of carbonyl (C=O) groups excluding carboxylic acids is 1. The first-order valence-electron chi connectivity index (χ1n) is 9.26. The molecule has 2 aromatic rings. The fourth-order valence-corrected chi connectivity index (χ4v) is 3.62. The lowest BCUT2D eigenvalue weighted by Gasteiger charge is -2.36. The quantitative estimate of drug-likeness (QED) is 0.724. The van der Waals surface area contributed by atoms with Gasteiger partial charge >= 0.3 is 6.09 Å². The summed E-state index contributed by atoms with van der Waals surface area (Å²) in [6.45, 7) is 8.35. The SMILES string of the molecule is CCCCCc1cc(OC(N)=O)c2c(c1)OC(C)(C)c1ccc(C)cc1-2. The van der Waals surface area contributed by atoms with Crippen LogP contribution in [-0.4, -0.2) is 6.09 Å². The molecule has 1 heterocycles.